The van der Waals surface area contributed by atoms with Crippen LogP contribution in [0.2, 0.25) is 0 Å². The molecule has 0 aromatic heterocycles. The molecule has 7 nitrogen and oxygen atoms in total. The van der Waals surface area contributed by atoms with Gasteiger partial charge in [0.2, 0.25) is 0 Å². The lowest BCUT2D eigenvalue weighted by Gasteiger charge is -2.15. The van der Waals surface area contributed by atoms with Gasteiger partial charge in [0.05, 0.1) is 10.5 Å². The molecule has 1 aromatic rings. The molecule has 0 aliphatic rings. The van der Waals surface area contributed by atoms with Gasteiger partial charge in [0.25, 0.3) is 11.6 Å². The summed E-state index contributed by atoms with van der Waals surface area (Å²) in [6, 6.07) is 4.09. The standard InChI is InChI=1S/C18H26N2O5/c1-4-6-7-14(5-2)11-19-17(21)12-25-18(22)15-9-8-13(3)16(10-15)20(23)24/h8-10,14H,4-7,11-12H2,1-3H3,(H,19,21)/t14-/m1/s1. The lowest BCUT2D eigenvalue weighted by molar-refractivity contribution is -0.385. The molecular weight excluding hydrogens is 324 g/mol. The van der Waals surface area contributed by atoms with Crippen molar-refractivity contribution in [3.05, 3.63) is 39.4 Å². The zero-order chi connectivity index (χ0) is 18.8. The molecule has 1 rings (SSSR count). The summed E-state index contributed by atoms with van der Waals surface area (Å²) >= 11 is 0. The lowest BCUT2D eigenvalue weighted by Crippen LogP contribution is -2.32. The van der Waals surface area contributed by atoms with Crippen LogP contribution < -0.4 is 5.32 Å². The van der Waals surface area contributed by atoms with Gasteiger partial charge in [-0.1, -0.05) is 39.2 Å². The van der Waals surface area contributed by atoms with Crippen LogP contribution in [0.4, 0.5) is 5.69 Å². The molecule has 1 aromatic carbocycles. The summed E-state index contributed by atoms with van der Waals surface area (Å²) in [5.74, 6) is -0.708. The van der Waals surface area contributed by atoms with E-state index in [2.05, 4.69) is 19.2 Å². The summed E-state index contributed by atoms with van der Waals surface area (Å²) in [7, 11) is 0. The number of rotatable bonds is 10. The number of aryl methyl sites for hydroxylation is 1. The van der Waals surface area contributed by atoms with Crippen LogP contribution in [0.25, 0.3) is 0 Å². The fraction of sp³-hybridized carbons (Fsp3) is 0.556. The van der Waals surface area contributed by atoms with Gasteiger partial charge in [0.1, 0.15) is 0 Å². The lowest BCUT2D eigenvalue weighted by atomic mass is 9.99. The molecule has 0 unspecified atom stereocenters. The van der Waals surface area contributed by atoms with Gasteiger partial charge in [-0.3, -0.25) is 14.9 Å². The van der Waals surface area contributed by atoms with E-state index in [0.717, 1.165) is 31.7 Å². The number of nitro groups is 1. The van der Waals surface area contributed by atoms with Gasteiger partial charge >= 0.3 is 5.97 Å². The maximum absolute atomic E-state index is 11.9. The van der Waals surface area contributed by atoms with Crippen LogP contribution in [-0.4, -0.2) is 30.0 Å². The average Bonchev–Trinajstić information content (AvgIpc) is 2.59. The molecule has 138 valence electrons. The topological polar surface area (TPSA) is 98.5 Å². The van der Waals surface area contributed by atoms with Gasteiger partial charge in [-0.25, -0.2) is 4.79 Å². The Kier molecular flexibility index (Phi) is 8.60. The fourth-order valence-electron chi connectivity index (χ4n) is 2.40. The second-order valence-corrected chi connectivity index (χ2v) is 6.06. The first-order chi connectivity index (χ1) is 11.9. The van der Waals surface area contributed by atoms with Crippen molar-refractivity contribution in [2.75, 3.05) is 13.2 Å². The number of hydrogen-bond acceptors (Lipinski definition) is 5. The van der Waals surface area contributed by atoms with Gasteiger partial charge in [0.15, 0.2) is 6.61 Å². The molecule has 1 N–H and O–H groups in total. The largest absolute Gasteiger partial charge is 0.452 e. The Morgan fingerprint density at radius 2 is 2.04 bits per heavy atom. The highest BCUT2D eigenvalue weighted by Gasteiger charge is 2.17. The summed E-state index contributed by atoms with van der Waals surface area (Å²) in [4.78, 5) is 34.1. The maximum Gasteiger partial charge on any atom is 0.338 e. The molecule has 0 bridgehead atoms. The van der Waals surface area contributed by atoms with Crippen molar-refractivity contribution in [2.45, 2.75) is 46.5 Å². The van der Waals surface area contributed by atoms with E-state index in [-0.39, 0.29) is 17.2 Å². The summed E-state index contributed by atoms with van der Waals surface area (Å²) in [5, 5.41) is 13.7. The summed E-state index contributed by atoms with van der Waals surface area (Å²) in [6.07, 6.45) is 4.27. The predicted octanol–water partition coefficient (Wildman–Crippen LogP) is 3.39. The molecule has 0 heterocycles. The van der Waals surface area contributed by atoms with Crippen LogP contribution in [0.15, 0.2) is 18.2 Å². The Morgan fingerprint density at radius 3 is 2.64 bits per heavy atom. The molecule has 0 fully saturated rings. The van der Waals surface area contributed by atoms with E-state index in [4.69, 9.17) is 4.74 Å². The van der Waals surface area contributed by atoms with Crippen LogP contribution in [0.3, 0.4) is 0 Å². The molecule has 0 saturated carbocycles. The summed E-state index contributed by atoms with van der Waals surface area (Å²) in [5.41, 5.74) is 0.358. The molecule has 0 radical (unpaired) electrons. The number of benzene rings is 1. The monoisotopic (exact) mass is 350 g/mol. The first-order valence-electron chi connectivity index (χ1n) is 8.57. The molecule has 0 spiro atoms. The van der Waals surface area contributed by atoms with Crippen LogP contribution in [0.1, 0.15) is 55.5 Å². The van der Waals surface area contributed by atoms with E-state index >= 15 is 0 Å². The van der Waals surface area contributed by atoms with E-state index in [1.807, 2.05) is 0 Å². The Labute approximate surface area is 147 Å². The molecule has 7 heteroatoms. The highest BCUT2D eigenvalue weighted by molar-refractivity contribution is 5.92. The van der Waals surface area contributed by atoms with Crippen molar-refractivity contribution in [2.24, 2.45) is 5.92 Å². The van der Waals surface area contributed by atoms with E-state index < -0.39 is 17.5 Å². The molecule has 0 aliphatic heterocycles. The van der Waals surface area contributed by atoms with Gasteiger partial charge < -0.3 is 10.1 Å². The Morgan fingerprint density at radius 1 is 1.32 bits per heavy atom. The van der Waals surface area contributed by atoms with E-state index in [1.54, 1.807) is 6.92 Å². The van der Waals surface area contributed by atoms with Gasteiger partial charge in [-0.2, -0.15) is 0 Å². The SMILES string of the molecule is CCCC[C@@H](CC)CNC(=O)COC(=O)c1ccc(C)c([N+](=O)[O-])c1. The van der Waals surface area contributed by atoms with Crippen molar-refractivity contribution >= 4 is 17.6 Å². The van der Waals surface area contributed by atoms with E-state index in [0.29, 0.717) is 18.0 Å². The Bertz CT molecular complexity index is 615. The van der Waals surface area contributed by atoms with Gasteiger partial charge in [-0.15, -0.1) is 0 Å². The third kappa shape index (κ3) is 6.91. The third-order valence-electron chi connectivity index (χ3n) is 4.11. The minimum absolute atomic E-state index is 0.0551. The molecule has 1 atom stereocenters. The van der Waals surface area contributed by atoms with E-state index in [1.165, 1.54) is 12.1 Å². The first kappa shape index (κ1) is 20.6. The number of unbranched alkanes of at least 4 members (excludes halogenated alkanes) is 1. The van der Waals surface area contributed by atoms with E-state index in [9.17, 15) is 19.7 Å². The highest BCUT2D eigenvalue weighted by Crippen LogP contribution is 2.19. The highest BCUT2D eigenvalue weighted by atomic mass is 16.6. The number of carbonyl (C=O) groups is 2. The van der Waals surface area contributed by atoms with Crippen LogP contribution in [0.5, 0.6) is 0 Å². The van der Waals surface area contributed by atoms with Crippen molar-refractivity contribution in [1.29, 1.82) is 0 Å². The number of nitrogens with zero attached hydrogens (tertiary/aromatic N) is 1. The van der Waals surface area contributed by atoms with Crippen molar-refractivity contribution in [1.82, 2.24) is 5.32 Å². The first-order valence-corrected chi connectivity index (χ1v) is 8.57. The second-order valence-electron chi connectivity index (χ2n) is 6.06. The number of amides is 1. The summed E-state index contributed by atoms with van der Waals surface area (Å²) in [6.45, 7) is 5.95. The Hall–Kier alpha value is -2.44. The zero-order valence-corrected chi connectivity index (χ0v) is 15.0. The average molecular weight is 350 g/mol. The van der Waals surface area contributed by atoms with Gasteiger partial charge in [-0.05, 0) is 25.3 Å². The Balaban J connectivity index is 2.49. The maximum atomic E-state index is 11.9. The smallest absolute Gasteiger partial charge is 0.338 e. The van der Waals surface area contributed by atoms with Gasteiger partial charge in [0, 0.05) is 18.2 Å². The quantitative estimate of drug-likeness (QED) is 0.396. The third-order valence-corrected chi connectivity index (χ3v) is 4.11. The van der Waals surface area contributed by atoms with Crippen LogP contribution in [-0.2, 0) is 9.53 Å². The van der Waals surface area contributed by atoms with Crippen LogP contribution >= 0.6 is 0 Å². The summed E-state index contributed by atoms with van der Waals surface area (Å²) < 4.78 is 4.94. The molecule has 0 aliphatic carbocycles. The zero-order valence-electron chi connectivity index (χ0n) is 15.0. The number of carbonyl (C=O) groups excluding carboxylic acids is 2. The minimum atomic E-state index is -0.753. The number of ether oxygens (including phenoxy) is 1. The van der Waals surface area contributed by atoms with Crippen molar-refractivity contribution in [3.63, 3.8) is 0 Å². The number of nitrogens with one attached hydrogen (secondary N) is 1. The fourth-order valence-corrected chi connectivity index (χ4v) is 2.40. The number of hydrogen-bond donors (Lipinski definition) is 1. The molecule has 1 amide bonds. The number of esters is 1. The van der Waals surface area contributed by atoms with Crippen LogP contribution in [0, 0.1) is 23.0 Å². The molecular formula is C18H26N2O5. The second kappa shape index (κ2) is 10.4. The van der Waals surface area contributed by atoms with Crippen molar-refractivity contribution in [3.8, 4) is 0 Å². The number of nitro benzene ring substituents is 1. The predicted molar refractivity (Wildman–Crippen MR) is 94.4 cm³/mol. The normalized spacial score (nSPS) is 11.6. The molecule has 0 saturated heterocycles. The molecule has 25 heavy (non-hydrogen) atoms. The van der Waals surface area contributed by atoms with Crippen molar-refractivity contribution < 1.29 is 19.2 Å². The minimum Gasteiger partial charge on any atom is -0.452 e.